The number of rotatable bonds is 6. The van der Waals surface area contributed by atoms with E-state index in [-0.39, 0.29) is 13.0 Å². The van der Waals surface area contributed by atoms with Crippen molar-refractivity contribution in [2.24, 2.45) is 0 Å². The minimum Gasteiger partial charge on any atom is -0.491 e. The zero-order valence-corrected chi connectivity index (χ0v) is 11.5. The molecule has 2 atom stereocenters. The lowest BCUT2D eigenvalue weighted by atomic mass is 10.1. The second kappa shape index (κ2) is 6.51. The first-order valence-electron chi connectivity index (χ1n) is 6.48. The normalized spacial score (nSPS) is 13.9. The lowest BCUT2D eigenvalue weighted by Crippen LogP contribution is -2.32. The first-order valence-corrected chi connectivity index (χ1v) is 6.48. The number of aldehydes is 1. The number of aryl methyl sites for hydroxylation is 1. The molecule has 0 saturated heterocycles. The first-order chi connectivity index (χ1) is 10.0. The van der Waals surface area contributed by atoms with Crippen molar-refractivity contribution in [1.29, 1.82) is 0 Å². The van der Waals surface area contributed by atoms with Crippen LogP contribution < -0.4 is 10.4 Å². The number of hydrogen-bond acceptors (Lipinski definition) is 6. The minimum atomic E-state index is -1.17. The van der Waals surface area contributed by atoms with E-state index in [2.05, 4.69) is 0 Å². The summed E-state index contributed by atoms with van der Waals surface area (Å²) in [7, 11) is 0. The topological polar surface area (TPSA) is 97.0 Å². The molecule has 1 aromatic carbocycles. The molecule has 112 valence electrons. The molecule has 0 fully saturated rings. The zero-order valence-electron chi connectivity index (χ0n) is 11.5. The molecule has 0 spiro atoms. The van der Waals surface area contributed by atoms with Gasteiger partial charge in [0.1, 0.15) is 30.3 Å². The summed E-state index contributed by atoms with van der Waals surface area (Å²) in [4.78, 5) is 21.6. The van der Waals surface area contributed by atoms with Crippen LogP contribution in [0.3, 0.4) is 0 Å². The smallest absolute Gasteiger partial charge is 0.336 e. The molecule has 1 heterocycles. The van der Waals surface area contributed by atoms with Gasteiger partial charge in [-0.15, -0.1) is 0 Å². The van der Waals surface area contributed by atoms with Crippen molar-refractivity contribution < 1.29 is 24.2 Å². The van der Waals surface area contributed by atoms with Crippen LogP contribution in [0, 0.1) is 6.92 Å². The van der Waals surface area contributed by atoms with Crippen molar-refractivity contribution in [3.63, 3.8) is 0 Å². The molecule has 2 rings (SSSR count). The fourth-order valence-corrected chi connectivity index (χ4v) is 1.94. The summed E-state index contributed by atoms with van der Waals surface area (Å²) >= 11 is 0. The molecule has 0 aliphatic heterocycles. The van der Waals surface area contributed by atoms with E-state index in [0.29, 0.717) is 17.6 Å². The van der Waals surface area contributed by atoms with Crippen molar-refractivity contribution in [3.05, 3.63) is 40.2 Å². The molecule has 0 unspecified atom stereocenters. The molecule has 0 radical (unpaired) electrons. The molecular weight excluding hydrogens is 276 g/mol. The van der Waals surface area contributed by atoms with Crippen molar-refractivity contribution in [1.82, 2.24) is 0 Å². The van der Waals surface area contributed by atoms with Crippen LogP contribution in [0.5, 0.6) is 5.75 Å². The summed E-state index contributed by atoms with van der Waals surface area (Å²) in [5.74, 6) is 0.397. The maximum atomic E-state index is 11.3. The number of carbonyl (C=O) groups excluding carboxylic acids is 1. The summed E-state index contributed by atoms with van der Waals surface area (Å²) in [5, 5.41) is 19.8. The molecule has 6 heteroatoms. The van der Waals surface area contributed by atoms with E-state index in [1.54, 1.807) is 25.1 Å². The summed E-state index contributed by atoms with van der Waals surface area (Å²) in [5.41, 5.74) is 0.744. The summed E-state index contributed by atoms with van der Waals surface area (Å²) in [6.07, 6.45) is -1.96. The molecule has 0 saturated carbocycles. The lowest BCUT2D eigenvalue weighted by Gasteiger charge is -2.16. The highest BCUT2D eigenvalue weighted by Gasteiger charge is 2.16. The Morgan fingerprint density at radius 3 is 2.76 bits per heavy atom. The third-order valence-corrected chi connectivity index (χ3v) is 3.13. The molecule has 1 aromatic heterocycles. The van der Waals surface area contributed by atoms with Gasteiger partial charge in [0, 0.05) is 23.9 Å². The highest BCUT2D eigenvalue weighted by atomic mass is 16.5. The summed E-state index contributed by atoms with van der Waals surface area (Å²) in [6, 6.07) is 6.37. The second-order valence-electron chi connectivity index (χ2n) is 4.75. The first kappa shape index (κ1) is 15.2. The van der Waals surface area contributed by atoms with E-state index < -0.39 is 17.8 Å². The van der Waals surface area contributed by atoms with Crippen LogP contribution in [0.25, 0.3) is 11.0 Å². The van der Waals surface area contributed by atoms with Gasteiger partial charge in [0.2, 0.25) is 0 Å². The van der Waals surface area contributed by atoms with Gasteiger partial charge in [-0.25, -0.2) is 4.79 Å². The van der Waals surface area contributed by atoms with Crippen LogP contribution in [0.4, 0.5) is 0 Å². The third kappa shape index (κ3) is 3.68. The fraction of sp³-hybridized carbons (Fsp3) is 0.333. The van der Waals surface area contributed by atoms with Gasteiger partial charge in [-0.3, -0.25) is 0 Å². The predicted octanol–water partition coefficient (Wildman–Crippen LogP) is 0.791. The standard InChI is InChI=1S/C15H16O6/c1-9-6-15(19)21-14-7-10(2-3-11(9)14)20-8-13(18)12(17)4-5-16/h2-3,5-7,12-13,17-18H,4,8H2,1H3/t12-,13+/m0/s1. The average Bonchev–Trinajstić information content (AvgIpc) is 2.44. The van der Waals surface area contributed by atoms with Crippen LogP contribution in [0.1, 0.15) is 12.0 Å². The molecule has 0 amide bonds. The van der Waals surface area contributed by atoms with E-state index in [9.17, 15) is 19.8 Å². The zero-order chi connectivity index (χ0) is 15.4. The van der Waals surface area contributed by atoms with Crippen LogP contribution in [0.15, 0.2) is 33.5 Å². The number of aliphatic hydroxyl groups excluding tert-OH is 2. The van der Waals surface area contributed by atoms with Crippen molar-refractivity contribution in [3.8, 4) is 5.75 Å². The molecule has 0 aliphatic rings. The molecule has 2 aromatic rings. The van der Waals surface area contributed by atoms with Crippen LogP contribution in [0.2, 0.25) is 0 Å². The van der Waals surface area contributed by atoms with Crippen LogP contribution >= 0.6 is 0 Å². The van der Waals surface area contributed by atoms with Crippen molar-refractivity contribution in [2.75, 3.05) is 6.61 Å². The minimum absolute atomic E-state index is 0.156. The predicted molar refractivity (Wildman–Crippen MR) is 75.4 cm³/mol. The molecular formula is C15H16O6. The Hall–Kier alpha value is -2.18. The van der Waals surface area contributed by atoms with Gasteiger partial charge in [-0.1, -0.05) is 0 Å². The Kier molecular flexibility index (Phi) is 4.72. The quantitative estimate of drug-likeness (QED) is 0.603. The summed E-state index contributed by atoms with van der Waals surface area (Å²) in [6.45, 7) is 1.63. The number of carbonyl (C=O) groups is 1. The second-order valence-corrected chi connectivity index (χ2v) is 4.75. The molecule has 2 N–H and O–H groups in total. The van der Waals surface area contributed by atoms with Crippen LogP contribution in [-0.4, -0.2) is 35.3 Å². The van der Waals surface area contributed by atoms with Gasteiger partial charge in [0.15, 0.2) is 0 Å². The van der Waals surface area contributed by atoms with Gasteiger partial charge >= 0.3 is 5.63 Å². The number of benzene rings is 1. The largest absolute Gasteiger partial charge is 0.491 e. The van der Waals surface area contributed by atoms with Crippen molar-refractivity contribution in [2.45, 2.75) is 25.6 Å². The SMILES string of the molecule is Cc1cc(=O)oc2cc(OC[C@@H](O)[C@@H](O)CC=O)ccc12. The Morgan fingerprint density at radius 2 is 2.05 bits per heavy atom. The van der Waals surface area contributed by atoms with E-state index >= 15 is 0 Å². The summed E-state index contributed by atoms with van der Waals surface area (Å²) < 4.78 is 10.4. The lowest BCUT2D eigenvalue weighted by molar-refractivity contribution is -0.111. The van der Waals surface area contributed by atoms with E-state index in [4.69, 9.17) is 9.15 Å². The Morgan fingerprint density at radius 1 is 1.29 bits per heavy atom. The Labute approximate surface area is 120 Å². The molecule has 0 aliphatic carbocycles. The number of fused-ring (bicyclic) bond motifs is 1. The highest BCUT2D eigenvalue weighted by Crippen LogP contribution is 2.22. The van der Waals surface area contributed by atoms with E-state index in [1.165, 1.54) is 6.07 Å². The Balaban J connectivity index is 2.13. The van der Waals surface area contributed by atoms with Gasteiger partial charge in [-0.2, -0.15) is 0 Å². The fourth-order valence-electron chi connectivity index (χ4n) is 1.94. The van der Waals surface area contributed by atoms with Gasteiger partial charge in [-0.05, 0) is 24.6 Å². The van der Waals surface area contributed by atoms with Crippen molar-refractivity contribution >= 4 is 17.3 Å². The molecule has 21 heavy (non-hydrogen) atoms. The molecule has 6 nitrogen and oxygen atoms in total. The van der Waals surface area contributed by atoms with Gasteiger partial charge in [0.05, 0.1) is 6.10 Å². The number of aliphatic hydroxyl groups is 2. The number of hydrogen-bond donors (Lipinski definition) is 2. The highest BCUT2D eigenvalue weighted by molar-refractivity contribution is 5.81. The molecule has 0 bridgehead atoms. The van der Waals surface area contributed by atoms with E-state index in [0.717, 1.165) is 10.9 Å². The maximum Gasteiger partial charge on any atom is 0.336 e. The monoisotopic (exact) mass is 292 g/mol. The van der Waals surface area contributed by atoms with Crippen LogP contribution in [-0.2, 0) is 4.79 Å². The average molecular weight is 292 g/mol. The maximum absolute atomic E-state index is 11.3. The Bertz CT molecular complexity index is 690. The van der Waals surface area contributed by atoms with Gasteiger partial charge < -0.3 is 24.2 Å². The van der Waals surface area contributed by atoms with E-state index in [1.807, 2.05) is 0 Å². The third-order valence-electron chi connectivity index (χ3n) is 3.13. The van der Waals surface area contributed by atoms with Gasteiger partial charge in [0.25, 0.3) is 0 Å². The number of ether oxygens (including phenoxy) is 1.